The molecule has 0 saturated carbocycles. The molecule has 0 saturated heterocycles. The number of benzene rings is 1. The van der Waals surface area contributed by atoms with E-state index in [4.69, 9.17) is 30.3 Å². The molecule has 0 fully saturated rings. The van der Waals surface area contributed by atoms with Crippen LogP contribution in [0.3, 0.4) is 0 Å². The smallest absolute Gasteiger partial charge is 0.308 e. The third-order valence-corrected chi connectivity index (χ3v) is 7.38. The molecule has 20 heteroatoms. The van der Waals surface area contributed by atoms with Gasteiger partial charge in [-0.1, -0.05) is 26.0 Å². The summed E-state index contributed by atoms with van der Waals surface area (Å²) in [5.41, 5.74) is 1.61. The van der Waals surface area contributed by atoms with Gasteiger partial charge in [-0.3, -0.25) is 25.6 Å². The Hall–Kier alpha value is -3.25. The number of aliphatic hydroxyl groups is 2. The van der Waals surface area contributed by atoms with Crippen LogP contribution in [-0.4, -0.2) is 124 Å². The van der Waals surface area contributed by atoms with Gasteiger partial charge in [0.1, 0.15) is 25.1 Å². The van der Waals surface area contributed by atoms with Crippen LogP contribution < -0.4 is 4.31 Å². The van der Waals surface area contributed by atoms with Crippen LogP contribution in [0.5, 0.6) is 0 Å². The van der Waals surface area contributed by atoms with Gasteiger partial charge in [0.05, 0.1) is 60.3 Å². The maximum atomic E-state index is 13.7. The number of hydrogen-bond donors (Lipinski definition) is 6. The molecule has 2 rings (SSSR count). The van der Waals surface area contributed by atoms with Gasteiger partial charge < -0.3 is 19.7 Å². The maximum absolute atomic E-state index is 13.7. The number of aliphatic hydroxyl groups excluding tert-OH is 2. The number of nitrogens with zero attached hydrogens (tertiary/aromatic N) is 5. The van der Waals surface area contributed by atoms with Gasteiger partial charge in [-0.25, -0.2) is 36.8 Å². The molecule has 0 bridgehead atoms. The van der Waals surface area contributed by atoms with Gasteiger partial charge in [0.15, 0.2) is 0 Å². The summed E-state index contributed by atoms with van der Waals surface area (Å²) in [4.78, 5) is 29.8. The zero-order chi connectivity index (χ0) is 35.3. The van der Waals surface area contributed by atoms with Gasteiger partial charge in [-0.15, -0.1) is 0 Å². The fourth-order valence-corrected chi connectivity index (χ4v) is 4.29. The van der Waals surface area contributed by atoms with Crippen LogP contribution in [0.15, 0.2) is 30.3 Å². The van der Waals surface area contributed by atoms with Crippen molar-refractivity contribution in [2.75, 3.05) is 44.0 Å². The fourth-order valence-electron chi connectivity index (χ4n) is 3.92. The Morgan fingerprint density at radius 1 is 1.02 bits per heavy atom. The van der Waals surface area contributed by atoms with Crippen LogP contribution in [0.4, 0.5) is 10.3 Å². The van der Waals surface area contributed by atoms with Crippen LogP contribution in [0, 0.1) is 5.82 Å². The number of ether oxygens (including phenoxy) is 2. The molecular weight excluding hydrogens is 653 g/mol. The number of halogens is 1. The highest BCUT2D eigenvalue weighted by atomic mass is 32.2. The van der Waals surface area contributed by atoms with E-state index in [0.717, 1.165) is 10.6 Å². The fraction of sp³-hybridized carbons (Fsp3) is 0.519. The van der Waals surface area contributed by atoms with E-state index < -0.39 is 63.9 Å². The van der Waals surface area contributed by atoms with Crippen molar-refractivity contribution in [1.29, 1.82) is 0 Å². The summed E-state index contributed by atoms with van der Waals surface area (Å²) < 4.78 is 49.2. The number of anilines is 1. The Labute approximate surface area is 270 Å². The van der Waals surface area contributed by atoms with Gasteiger partial charge in [0.2, 0.25) is 16.0 Å². The third kappa shape index (κ3) is 14.2. The Kier molecular flexibility index (Phi) is 16.1. The first kappa shape index (κ1) is 39.9. The van der Waals surface area contributed by atoms with Crippen molar-refractivity contribution in [1.82, 2.24) is 20.7 Å². The maximum Gasteiger partial charge on any atom is 0.308 e. The number of esters is 1. The van der Waals surface area contributed by atoms with Crippen LogP contribution in [0.2, 0.25) is 0 Å². The number of carbonyl (C=O) groups is 1. The summed E-state index contributed by atoms with van der Waals surface area (Å²) in [6.45, 7) is 2.32. The largest absolute Gasteiger partial charge is 0.463 e. The summed E-state index contributed by atoms with van der Waals surface area (Å²) in [7, 11) is -2.41. The molecule has 264 valence electrons. The summed E-state index contributed by atoms with van der Waals surface area (Å²) in [6.07, 6.45) is -0.598. The summed E-state index contributed by atoms with van der Waals surface area (Å²) >= 11 is 0. The van der Waals surface area contributed by atoms with Gasteiger partial charge in [-0.2, -0.15) is 0 Å². The lowest BCUT2D eigenvalue weighted by Crippen LogP contribution is -2.34. The molecule has 18 nitrogen and oxygen atoms in total. The highest BCUT2D eigenvalue weighted by Gasteiger charge is 2.23. The monoisotopic (exact) mass is 693 g/mol. The van der Waals surface area contributed by atoms with Crippen molar-refractivity contribution < 1.29 is 67.8 Å². The zero-order valence-electron chi connectivity index (χ0n) is 26.1. The minimum Gasteiger partial charge on any atom is -0.463 e. The molecule has 47 heavy (non-hydrogen) atoms. The lowest BCUT2D eigenvalue weighted by molar-refractivity contribution is -0.528. The highest BCUT2D eigenvalue weighted by Crippen LogP contribution is 2.31. The van der Waals surface area contributed by atoms with Crippen molar-refractivity contribution in [3.8, 4) is 11.3 Å². The second-order valence-electron chi connectivity index (χ2n) is 10.4. The van der Waals surface area contributed by atoms with E-state index in [-0.39, 0.29) is 43.8 Å². The molecular formula is C27H40FN5O13S. The molecule has 2 aromatic rings. The first-order valence-electron chi connectivity index (χ1n) is 14.0. The SMILES string of the molecule is CC(C)c1nc(N(C)S(C)(=O)=O)nc(-c2ccc(F)cc2)c1/C=C/C(O)CC(O)CC(=O)OCCOCC(CON(O)O)ON(O)O. The number of aromatic nitrogens is 2. The standard InChI is InChI=1S/C27H40FN5O13S/c1-17(2)25-23(26(18-5-7-19(28)8-6-18)30-27(29-25)31(3)47(4,41)42)10-9-20(34)13-21(35)14-24(36)44-12-11-43-15-22(46-33(39)40)16-45-32(37)38/h5-10,17,20-22,34-35,37-40H,11-16H2,1-4H3/b10-9+. The highest BCUT2D eigenvalue weighted by molar-refractivity contribution is 7.92. The molecule has 0 aliphatic heterocycles. The molecule has 0 aliphatic rings. The Morgan fingerprint density at radius 2 is 1.68 bits per heavy atom. The van der Waals surface area contributed by atoms with E-state index in [1.165, 1.54) is 43.5 Å². The topological polar surface area (TPSA) is 245 Å². The van der Waals surface area contributed by atoms with Gasteiger partial charge >= 0.3 is 5.97 Å². The van der Waals surface area contributed by atoms with E-state index in [2.05, 4.69) is 19.6 Å². The van der Waals surface area contributed by atoms with E-state index in [0.29, 0.717) is 16.8 Å². The molecule has 1 aromatic heterocycles. The molecule has 3 unspecified atom stereocenters. The van der Waals surface area contributed by atoms with E-state index in [1.807, 2.05) is 13.8 Å². The van der Waals surface area contributed by atoms with Crippen LogP contribution in [0.1, 0.15) is 43.9 Å². The van der Waals surface area contributed by atoms with Crippen LogP contribution in [-0.2, 0) is 34.0 Å². The molecule has 0 spiro atoms. The Balaban J connectivity index is 2.05. The minimum absolute atomic E-state index is 0.101. The number of carbonyl (C=O) groups excluding carboxylic acids is 1. The lowest BCUT2D eigenvalue weighted by atomic mass is 9.97. The molecule has 3 atom stereocenters. The second kappa shape index (κ2) is 18.9. The third-order valence-electron chi connectivity index (χ3n) is 6.22. The first-order valence-corrected chi connectivity index (χ1v) is 15.9. The molecule has 1 heterocycles. The zero-order valence-corrected chi connectivity index (χ0v) is 26.9. The number of sulfonamides is 1. The second-order valence-corrected chi connectivity index (χ2v) is 12.4. The molecule has 0 radical (unpaired) electrons. The molecule has 1 aromatic carbocycles. The average Bonchev–Trinajstić information content (AvgIpc) is 2.97. The summed E-state index contributed by atoms with van der Waals surface area (Å²) in [6, 6.07) is 5.39. The van der Waals surface area contributed by atoms with Gasteiger partial charge in [0.25, 0.3) is 0 Å². The van der Waals surface area contributed by atoms with Crippen molar-refractivity contribution in [2.24, 2.45) is 0 Å². The van der Waals surface area contributed by atoms with Crippen LogP contribution >= 0.6 is 0 Å². The summed E-state index contributed by atoms with van der Waals surface area (Å²) in [5, 5.41) is 54.3. The van der Waals surface area contributed by atoms with Crippen molar-refractivity contribution >= 4 is 28.0 Å². The van der Waals surface area contributed by atoms with E-state index >= 15 is 0 Å². The predicted octanol–water partition coefficient (Wildman–Crippen LogP) is 1.27. The minimum atomic E-state index is -3.71. The number of hydrogen-bond acceptors (Lipinski definition) is 17. The first-order chi connectivity index (χ1) is 22.0. The average molecular weight is 694 g/mol. The molecule has 0 aliphatic carbocycles. The van der Waals surface area contributed by atoms with Crippen molar-refractivity contribution in [3.63, 3.8) is 0 Å². The number of rotatable bonds is 20. The molecule has 0 amide bonds. The van der Waals surface area contributed by atoms with Gasteiger partial charge in [-0.05, 0) is 30.2 Å². The lowest BCUT2D eigenvalue weighted by Gasteiger charge is -2.20. The Morgan fingerprint density at radius 3 is 2.26 bits per heavy atom. The van der Waals surface area contributed by atoms with Crippen LogP contribution in [0.25, 0.3) is 17.3 Å². The molecule has 6 N–H and O–H groups in total. The Bertz CT molecular complexity index is 1410. The normalized spacial score (nSPS) is 14.3. The predicted molar refractivity (Wildman–Crippen MR) is 158 cm³/mol. The van der Waals surface area contributed by atoms with Gasteiger partial charge in [0, 0.05) is 24.6 Å². The summed E-state index contributed by atoms with van der Waals surface area (Å²) in [5.74, 6) is -1.63. The quantitative estimate of drug-likeness (QED) is 0.0649. The van der Waals surface area contributed by atoms with E-state index in [9.17, 15) is 27.8 Å². The van der Waals surface area contributed by atoms with E-state index in [1.54, 1.807) is 0 Å². The van der Waals surface area contributed by atoms with Crippen molar-refractivity contribution in [3.05, 3.63) is 47.4 Å². The van der Waals surface area contributed by atoms with Crippen molar-refractivity contribution in [2.45, 2.75) is 50.9 Å².